The fourth-order valence-electron chi connectivity index (χ4n) is 1.81. The number of ether oxygens (including phenoxy) is 2. The fraction of sp³-hybridized carbons (Fsp3) is 0.462. The Morgan fingerprint density at radius 1 is 1.50 bits per heavy atom. The Morgan fingerprint density at radius 3 is 3.06 bits per heavy atom. The van der Waals surface area contributed by atoms with Crippen molar-refractivity contribution < 1.29 is 14.3 Å². The van der Waals surface area contributed by atoms with Gasteiger partial charge in [-0.3, -0.25) is 4.79 Å². The van der Waals surface area contributed by atoms with Crippen LogP contribution < -0.4 is 15.8 Å². The van der Waals surface area contributed by atoms with E-state index in [1.165, 1.54) is 0 Å². The van der Waals surface area contributed by atoms with Gasteiger partial charge in [-0.15, -0.1) is 0 Å². The van der Waals surface area contributed by atoms with Gasteiger partial charge in [0.25, 0.3) is 0 Å². The summed E-state index contributed by atoms with van der Waals surface area (Å²) >= 11 is 0. The molecule has 0 spiro atoms. The SMILES string of the molecule is Nc1ccccc1OCCC(=O)NC1CCOC1. The molecule has 0 radical (unpaired) electrons. The van der Waals surface area contributed by atoms with Crippen LogP contribution in [-0.2, 0) is 9.53 Å². The van der Waals surface area contributed by atoms with Crippen LogP contribution in [0, 0.1) is 0 Å². The zero-order chi connectivity index (χ0) is 12.8. The molecule has 3 N–H and O–H groups in total. The zero-order valence-electron chi connectivity index (χ0n) is 10.2. The predicted octanol–water partition coefficient (Wildman–Crippen LogP) is 0.943. The number of para-hydroxylation sites is 2. The van der Waals surface area contributed by atoms with E-state index in [2.05, 4.69) is 5.32 Å². The molecule has 5 heteroatoms. The Kier molecular flexibility index (Phi) is 4.41. The van der Waals surface area contributed by atoms with Gasteiger partial charge in [0.15, 0.2) is 0 Å². The van der Waals surface area contributed by atoms with E-state index >= 15 is 0 Å². The van der Waals surface area contributed by atoms with Gasteiger partial charge in [0.2, 0.25) is 5.91 Å². The lowest BCUT2D eigenvalue weighted by Gasteiger charge is -2.11. The first-order valence-corrected chi connectivity index (χ1v) is 6.10. The van der Waals surface area contributed by atoms with E-state index in [0.717, 1.165) is 13.0 Å². The average molecular weight is 250 g/mol. The van der Waals surface area contributed by atoms with Crippen molar-refractivity contribution >= 4 is 11.6 Å². The molecular formula is C13H18N2O3. The van der Waals surface area contributed by atoms with Crippen molar-refractivity contribution in [3.63, 3.8) is 0 Å². The molecule has 0 bridgehead atoms. The number of carbonyl (C=O) groups excluding carboxylic acids is 1. The molecule has 0 aromatic heterocycles. The van der Waals surface area contributed by atoms with Gasteiger partial charge in [-0.1, -0.05) is 12.1 Å². The molecule has 1 heterocycles. The predicted molar refractivity (Wildman–Crippen MR) is 68.3 cm³/mol. The van der Waals surface area contributed by atoms with Crippen molar-refractivity contribution in [1.29, 1.82) is 0 Å². The van der Waals surface area contributed by atoms with E-state index in [1.807, 2.05) is 12.1 Å². The second-order valence-electron chi connectivity index (χ2n) is 4.26. The number of nitrogens with one attached hydrogen (secondary N) is 1. The number of benzene rings is 1. The maximum Gasteiger partial charge on any atom is 0.223 e. The lowest BCUT2D eigenvalue weighted by atomic mass is 10.2. The number of anilines is 1. The number of nitrogens with two attached hydrogens (primary N) is 1. The van der Waals surface area contributed by atoms with Crippen molar-refractivity contribution in [2.45, 2.75) is 18.9 Å². The standard InChI is InChI=1S/C13H18N2O3/c14-11-3-1-2-4-12(11)18-8-6-13(16)15-10-5-7-17-9-10/h1-4,10H,5-9,14H2,(H,15,16). The second-order valence-corrected chi connectivity index (χ2v) is 4.26. The maximum absolute atomic E-state index is 11.6. The number of carbonyl (C=O) groups is 1. The summed E-state index contributed by atoms with van der Waals surface area (Å²) in [7, 11) is 0. The van der Waals surface area contributed by atoms with E-state index in [9.17, 15) is 4.79 Å². The minimum Gasteiger partial charge on any atom is -0.491 e. The zero-order valence-corrected chi connectivity index (χ0v) is 10.2. The minimum absolute atomic E-state index is 0.0139. The largest absolute Gasteiger partial charge is 0.491 e. The normalized spacial score (nSPS) is 18.6. The quantitative estimate of drug-likeness (QED) is 0.763. The summed E-state index contributed by atoms with van der Waals surface area (Å²) in [5.74, 6) is 0.606. The van der Waals surface area contributed by atoms with E-state index < -0.39 is 0 Å². The topological polar surface area (TPSA) is 73.6 Å². The van der Waals surface area contributed by atoms with E-state index in [1.54, 1.807) is 12.1 Å². The van der Waals surface area contributed by atoms with Crippen molar-refractivity contribution in [2.24, 2.45) is 0 Å². The molecule has 0 saturated carbocycles. The van der Waals surface area contributed by atoms with Crippen LogP contribution >= 0.6 is 0 Å². The highest BCUT2D eigenvalue weighted by Gasteiger charge is 2.17. The Labute approximate surface area is 106 Å². The molecule has 1 unspecified atom stereocenters. The highest BCUT2D eigenvalue weighted by molar-refractivity contribution is 5.76. The molecule has 1 fully saturated rings. The molecule has 5 nitrogen and oxygen atoms in total. The summed E-state index contributed by atoms with van der Waals surface area (Å²) in [5.41, 5.74) is 6.31. The molecule has 2 rings (SSSR count). The Hall–Kier alpha value is -1.75. The lowest BCUT2D eigenvalue weighted by molar-refractivity contribution is -0.122. The molecule has 18 heavy (non-hydrogen) atoms. The van der Waals surface area contributed by atoms with Gasteiger partial charge in [-0.2, -0.15) is 0 Å². The smallest absolute Gasteiger partial charge is 0.223 e. The molecule has 1 atom stereocenters. The summed E-state index contributed by atoms with van der Waals surface area (Å²) in [6, 6.07) is 7.40. The van der Waals surface area contributed by atoms with Crippen LogP contribution in [0.2, 0.25) is 0 Å². The third-order valence-electron chi connectivity index (χ3n) is 2.80. The summed E-state index contributed by atoms with van der Waals surface area (Å²) in [6.45, 7) is 1.66. The average Bonchev–Trinajstić information content (AvgIpc) is 2.84. The van der Waals surface area contributed by atoms with Gasteiger partial charge in [0, 0.05) is 6.61 Å². The van der Waals surface area contributed by atoms with Gasteiger partial charge in [0.05, 0.1) is 31.4 Å². The number of nitrogen functional groups attached to an aromatic ring is 1. The van der Waals surface area contributed by atoms with Gasteiger partial charge in [-0.05, 0) is 18.6 Å². The summed E-state index contributed by atoms with van der Waals surface area (Å²) in [4.78, 5) is 11.6. The van der Waals surface area contributed by atoms with Crippen LogP contribution in [0.15, 0.2) is 24.3 Å². The van der Waals surface area contributed by atoms with Crippen molar-refractivity contribution in [3.05, 3.63) is 24.3 Å². The van der Waals surface area contributed by atoms with Crippen molar-refractivity contribution in [2.75, 3.05) is 25.6 Å². The van der Waals surface area contributed by atoms with Crippen LogP contribution in [0.4, 0.5) is 5.69 Å². The third kappa shape index (κ3) is 3.63. The first-order valence-electron chi connectivity index (χ1n) is 6.10. The van der Waals surface area contributed by atoms with E-state index in [0.29, 0.717) is 31.1 Å². The second kappa shape index (κ2) is 6.26. The van der Waals surface area contributed by atoms with Crippen LogP contribution in [0.5, 0.6) is 5.75 Å². The van der Waals surface area contributed by atoms with Crippen LogP contribution in [0.1, 0.15) is 12.8 Å². The molecule has 1 aliphatic rings. The monoisotopic (exact) mass is 250 g/mol. The van der Waals surface area contributed by atoms with Gasteiger partial charge in [-0.25, -0.2) is 0 Å². The summed E-state index contributed by atoms with van der Waals surface area (Å²) in [5, 5.41) is 2.90. The first kappa shape index (κ1) is 12.7. The van der Waals surface area contributed by atoms with Crippen LogP contribution in [-0.4, -0.2) is 31.8 Å². The highest BCUT2D eigenvalue weighted by Crippen LogP contribution is 2.19. The number of hydrogen-bond acceptors (Lipinski definition) is 4. The van der Waals surface area contributed by atoms with Crippen molar-refractivity contribution in [1.82, 2.24) is 5.32 Å². The van der Waals surface area contributed by atoms with Crippen LogP contribution in [0.3, 0.4) is 0 Å². The van der Waals surface area contributed by atoms with Gasteiger partial charge < -0.3 is 20.5 Å². The molecule has 98 valence electrons. The molecule has 1 saturated heterocycles. The van der Waals surface area contributed by atoms with Crippen molar-refractivity contribution in [3.8, 4) is 5.75 Å². The first-order chi connectivity index (χ1) is 8.75. The Bertz CT molecular complexity index is 403. The number of rotatable bonds is 5. The minimum atomic E-state index is -0.0139. The molecule has 1 aromatic rings. The van der Waals surface area contributed by atoms with Gasteiger partial charge in [0.1, 0.15) is 5.75 Å². The Balaban J connectivity index is 1.68. The summed E-state index contributed by atoms with van der Waals surface area (Å²) in [6.07, 6.45) is 1.21. The lowest BCUT2D eigenvalue weighted by Crippen LogP contribution is -2.35. The number of amides is 1. The third-order valence-corrected chi connectivity index (χ3v) is 2.80. The molecule has 1 aliphatic heterocycles. The molecule has 0 aliphatic carbocycles. The fourth-order valence-corrected chi connectivity index (χ4v) is 1.81. The number of hydrogen-bond donors (Lipinski definition) is 2. The summed E-state index contributed by atoms with van der Waals surface area (Å²) < 4.78 is 10.6. The van der Waals surface area contributed by atoms with Crippen LogP contribution in [0.25, 0.3) is 0 Å². The molecule has 1 aromatic carbocycles. The molecule has 1 amide bonds. The van der Waals surface area contributed by atoms with Gasteiger partial charge >= 0.3 is 0 Å². The highest BCUT2D eigenvalue weighted by atomic mass is 16.5. The Morgan fingerprint density at radius 2 is 2.33 bits per heavy atom. The molecular weight excluding hydrogens is 232 g/mol. The van der Waals surface area contributed by atoms with E-state index in [4.69, 9.17) is 15.2 Å². The van der Waals surface area contributed by atoms with E-state index in [-0.39, 0.29) is 11.9 Å². The maximum atomic E-state index is 11.6.